The Morgan fingerprint density at radius 2 is 1.63 bits per heavy atom. The largest absolute Gasteiger partial charge is 0.412 e. The maximum atomic E-state index is 7.57. The van der Waals surface area contributed by atoms with Gasteiger partial charge < -0.3 is 16.3 Å². The monoisotopic (exact) mass is 406 g/mol. The first-order valence-electron chi connectivity index (χ1n) is 7.16. The molecule has 8 nitrogen and oxygen atoms in total. The number of nitrogens with two attached hydrogens (primary N) is 3. The molecule has 0 saturated carbocycles. The van der Waals surface area contributed by atoms with E-state index in [1.54, 1.807) is 48.0 Å². The first-order valence-corrected chi connectivity index (χ1v) is 8.49. The van der Waals surface area contributed by atoms with Gasteiger partial charge in [0.2, 0.25) is 0 Å². The SMILES string of the molecule is CCO.NN.O.[C-]#[N+]c1ccc(N)c(S)c1.[C-]#[N+]c1ccc2ncsc2c1. The number of hydrogen-bond donors (Lipinski definition) is 5. The predicted molar refractivity (Wildman–Crippen MR) is 115 cm³/mol. The molecule has 1 aromatic heterocycles. The molecule has 9 N–H and O–H groups in total. The summed E-state index contributed by atoms with van der Waals surface area (Å²) < 4.78 is 1.08. The second-order valence-corrected chi connectivity index (χ2v) is 5.66. The molecule has 3 rings (SSSR count). The summed E-state index contributed by atoms with van der Waals surface area (Å²) in [5.41, 5.74) is 10.1. The lowest BCUT2D eigenvalue weighted by atomic mass is 10.3. The molecular weight excluding hydrogens is 384 g/mol. The highest BCUT2D eigenvalue weighted by atomic mass is 32.1. The summed E-state index contributed by atoms with van der Waals surface area (Å²) in [7, 11) is 0. The molecule has 0 aliphatic rings. The molecule has 1 heterocycles. The molecule has 2 aromatic carbocycles. The molecule has 0 unspecified atom stereocenters. The second kappa shape index (κ2) is 15.5. The number of rotatable bonds is 0. The molecule has 0 aliphatic carbocycles. The van der Waals surface area contributed by atoms with Crippen LogP contribution in [-0.4, -0.2) is 22.2 Å². The Labute approximate surface area is 167 Å². The number of hydrogen-bond acceptors (Lipinski definition) is 7. The van der Waals surface area contributed by atoms with Gasteiger partial charge in [-0.05, 0) is 31.2 Å². The van der Waals surface area contributed by atoms with E-state index in [-0.39, 0.29) is 12.1 Å². The molecule has 27 heavy (non-hydrogen) atoms. The van der Waals surface area contributed by atoms with Gasteiger partial charge in [-0.2, -0.15) is 0 Å². The smallest absolute Gasteiger partial charge is 0.188 e. The van der Waals surface area contributed by atoms with Crippen molar-refractivity contribution in [3.05, 3.63) is 64.7 Å². The fraction of sp³-hybridized carbons (Fsp3) is 0.118. The van der Waals surface area contributed by atoms with Crippen molar-refractivity contribution in [3.63, 3.8) is 0 Å². The molecule has 10 heteroatoms. The van der Waals surface area contributed by atoms with E-state index in [0.717, 1.165) is 10.2 Å². The number of hydrazine groups is 1. The molecule has 0 aliphatic heterocycles. The summed E-state index contributed by atoms with van der Waals surface area (Å²) >= 11 is 5.62. The maximum absolute atomic E-state index is 7.57. The fourth-order valence-corrected chi connectivity index (χ4v) is 2.43. The van der Waals surface area contributed by atoms with Crippen molar-refractivity contribution in [1.82, 2.24) is 4.98 Å². The van der Waals surface area contributed by atoms with Crippen molar-refractivity contribution in [2.75, 3.05) is 12.3 Å². The number of nitrogens with zero attached hydrogens (tertiary/aromatic N) is 3. The molecule has 0 amide bonds. The number of thiazole rings is 1. The maximum Gasteiger partial charge on any atom is 0.188 e. The molecule has 0 spiro atoms. The van der Waals surface area contributed by atoms with E-state index in [9.17, 15) is 0 Å². The van der Waals surface area contributed by atoms with Crippen LogP contribution in [0, 0.1) is 13.1 Å². The van der Waals surface area contributed by atoms with E-state index in [2.05, 4.69) is 39.0 Å². The van der Waals surface area contributed by atoms with E-state index < -0.39 is 0 Å². The first-order chi connectivity index (χ1) is 12.5. The Morgan fingerprint density at radius 1 is 1.11 bits per heavy atom. The normalized spacial score (nSPS) is 8.11. The van der Waals surface area contributed by atoms with Crippen molar-refractivity contribution < 1.29 is 10.6 Å². The molecule has 0 fully saturated rings. The number of aliphatic hydroxyl groups is 1. The second-order valence-electron chi connectivity index (χ2n) is 4.29. The van der Waals surface area contributed by atoms with E-state index >= 15 is 0 Å². The molecule has 3 aromatic rings. The highest BCUT2D eigenvalue weighted by molar-refractivity contribution is 7.80. The van der Waals surface area contributed by atoms with Crippen LogP contribution in [0.3, 0.4) is 0 Å². The summed E-state index contributed by atoms with van der Waals surface area (Å²) in [5, 5.41) is 7.57. The topological polar surface area (TPSA) is 151 Å². The Kier molecular flexibility index (Phi) is 15.3. The molecule has 0 saturated heterocycles. The van der Waals surface area contributed by atoms with Crippen molar-refractivity contribution in [2.24, 2.45) is 11.7 Å². The quantitative estimate of drug-likeness (QED) is 0.128. The average Bonchev–Trinajstić information content (AvgIpc) is 3.14. The van der Waals surface area contributed by atoms with Gasteiger partial charge in [-0.15, -0.1) is 24.0 Å². The third kappa shape index (κ3) is 9.53. The Bertz CT molecular complexity index is 887. The van der Waals surface area contributed by atoms with Gasteiger partial charge in [-0.3, -0.25) is 11.7 Å². The Balaban J connectivity index is 0. The van der Waals surface area contributed by atoms with Crippen LogP contribution in [0.1, 0.15) is 6.92 Å². The van der Waals surface area contributed by atoms with Gasteiger partial charge in [-0.1, -0.05) is 12.1 Å². The van der Waals surface area contributed by atoms with Gasteiger partial charge in [0.05, 0.1) is 24.2 Å². The van der Waals surface area contributed by atoms with E-state index in [0.29, 0.717) is 22.0 Å². The van der Waals surface area contributed by atoms with Crippen LogP contribution in [0.2, 0.25) is 0 Å². The minimum Gasteiger partial charge on any atom is -0.412 e. The summed E-state index contributed by atoms with van der Waals surface area (Å²) in [5.74, 6) is 8.00. The lowest BCUT2D eigenvalue weighted by Crippen LogP contribution is -2.02. The van der Waals surface area contributed by atoms with Gasteiger partial charge in [0, 0.05) is 21.9 Å². The highest BCUT2D eigenvalue weighted by Gasteiger charge is 1.96. The molecule has 0 radical (unpaired) electrons. The summed E-state index contributed by atoms with van der Waals surface area (Å²) in [6.07, 6.45) is 0. The predicted octanol–water partition coefficient (Wildman–Crippen LogP) is 2.95. The fourth-order valence-electron chi connectivity index (χ4n) is 1.51. The van der Waals surface area contributed by atoms with Crippen LogP contribution in [0.5, 0.6) is 0 Å². The number of aliphatic hydroxyl groups excluding tert-OH is 1. The molecule has 144 valence electrons. The van der Waals surface area contributed by atoms with Gasteiger partial charge in [-0.25, -0.2) is 14.7 Å². The number of anilines is 1. The van der Waals surface area contributed by atoms with Crippen LogP contribution >= 0.6 is 24.0 Å². The van der Waals surface area contributed by atoms with E-state index in [1.807, 2.05) is 12.1 Å². The number of aromatic nitrogens is 1. The minimum atomic E-state index is 0. The van der Waals surface area contributed by atoms with Crippen molar-refractivity contribution in [3.8, 4) is 0 Å². The Morgan fingerprint density at radius 3 is 2.15 bits per heavy atom. The molecule has 0 atom stereocenters. The van der Waals surface area contributed by atoms with Crippen LogP contribution in [0.15, 0.2) is 46.8 Å². The minimum absolute atomic E-state index is 0. The van der Waals surface area contributed by atoms with Crippen molar-refractivity contribution in [2.45, 2.75) is 11.8 Å². The lowest BCUT2D eigenvalue weighted by molar-refractivity contribution is 0.318. The first kappa shape index (κ1) is 26.5. The molecular formula is C17H22N6O2S2. The number of nitrogen functional groups attached to an aromatic ring is 1. The van der Waals surface area contributed by atoms with Crippen molar-refractivity contribution >= 4 is 51.2 Å². The summed E-state index contributed by atoms with van der Waals surface area (Å²) in [6.45, 7) is 15.4. The third-order valence-corrected chi connectivity index (χ3v) is 3.77. The molecule has 0 bridgehead atoms. The van der Waals surface area contributed by atoms with Crippen LogP contribution in [0.4, 0.5) is 17.1 Å². The van der Waals surface area contributed by atoms with E-state index in [1.165, 1.54) is 0 Å². The number of fused-ring (bicyclic) bond motifs is 1. The van der Waals surface area contributed by atoms with Crippen LogP contribution in [0.25, 0.3) is 19.9 Å². The van der Waals surface area contributed by atoms with Crippen LogP contribution in [-0.2, 0) is 0 Å². The summed E-state index contributed by atoms with van der Waals surface area (Å²) in [4.78, 5) is 11.3. The lowest BCUT2D eigenvalue weighted by Gasteiger charge is -1.96. The number of thiol groups is 1. The van der Waals surface area contributed by atoms with Gasteiger partial charge >= 0.3 is 0 Å². The van der Waals surface area contributed by atoms with Crippen molar-refractivity contribution in [1.29, 1.82) is 0 Å². The van der Waals surface area contributed by atoms with Crippen LogP contribution < -0.4 is 17.4 Å². The zero-order valence-electron chi connectivity index (χ0n) is 14.6. The summed E-state index contributed by atoms with van der Waals surface area (Å²) in [6, 6.07) is 10.5. The van der Waals surface area contributed by atoms with Gasteiger partial charge in [0.1, 0.15) is 0 Å². The number of benzene rings is 2. The zero-order valence-corrected chi connectivity index (χ0v) is 16.3. The van der Waals surface area contributed by atoms with E-state index in [4.69, 9.17) is 24.0 Å². The third-order valence-electron chi connectivity index (χ3n) is 2.59. The Hall–Kier alpha value is -2.70. The highest BCUT2D eigenvalue weighted by Crippen LogP contribution is 2.23. The van der Waals surface area contributed by atoms with Gasteiger partial charge in [0.15, 0.2) is 11.4 Å². The standard InChI is InChI=1S/C8H4N2S.C7H6N2S.C2H6O.H4N2.H2O/c1-9-6-2-3-7-8(4-6)11-5-10-7;1-9-5-2-3-6(8)7(10)4-5;1-2-3;1-2;/h2-5H;2-4,10H,8H2;3H,2H2,1H3;1-2H2;1H2. The average molecular weight is 407 g/mol. The van der Waals surface area contributed by atoms with Gasteiger partial charge in [0.25, 0.3) is 0 Å². The zero-order chi connectivity index (χ0) is 19.9.